The van der Waals surface area contributed by atoms with E-state index in [0.717, 1.165) is 20.9 Å². The van der Waals surface area contributed by atoms with Gasteiger partial charge in [-0.1, -0.05) is 23.9 Å². The molecule has 0 bridgehead atoms. The van der Waals surface area contributed by atoms with Crippen molar-refractivity contribution in [3.05, 3.63) is 41.0 Å². The second-order valence-electron chi connectivity index (χ2n) is 6.81. The number of anilines is 2. The van der Waals surface area contributed by atoms with E-state index < -0.39 is 0 Å². The van der Waals surface area contributed by atoms with Crippen molar-refractivity contribution in [2.75, 3.05) is 16.0 Å². The van der Waals surface area contributed by atoms with Crippen molar-refractivity contribution in [1.29, 1.82) is 0 Å². The predicted molar refractivity (Wildman–Crippen MR) is 114 cm³/mol. The van der Waals surface area contributed by atoms with Gasteiger partial charge in [0.05, 0.1) is 17.1 Å². The number of carbonyl (C=O) groups is 2. The molecule has 28 heavy (non-hydrogen) atoms. The van der Waals surface area contributed by atoms with Crippen molar-refractivity contribution in [1.82, 2.24) is 9.97 Å². The number of benzene rings is 1. The fourth-order valence-corrected chi connectivity index (χ4v) is 5.40. The minimum atomic E-state index is -0.215. The molecule has 2 aromatic heterocycles. The molecule has 0 unspecified atom stereocenters. The van der Waals surface area contributed by atoms with Gasteiger partial charge in [-0.3, -0.25) is 9.59 Å². The summed E-state index contributed by atoms with van der Waals surface area (Å²) in [6, 6.07) is 7.21. The van der Waals surface area contributed by atoms with Gasteiger partial charge in [0.2, 0.25) is 11.8 Å². The van der Waals surface area contributed by atoms with Crippen LogP contribution in [0.5, 0.6) is 0 Å². The van der Waals surface area contributed by atoms with Crippen LogP contribution in [0.4, 0.5) is 11.4 Å². The normalized spacial score (nSPS) is 16.6. The van der Waals surface area contributed by atoms with Crippen LogP contribution in [0.25, 0.3) is 10.2 Å². The maximum Gasteiger partial charge on any atom is 0.237 e. The second-order valence-corrected chi connectivity index (χ2v) is 8.98. The number of aromatic nitrogens is 2. The molecule has 3 aromatic rings. The molecule has 2 amide bonds. The number of fused-ring (bicyclic) bond motifs is 2. The molecule has 144 valence electrons. The summed E-state index contributed by atoms with van der Waals surface area (Å²) in [7, 11) is 0. The first-order valence-electron chi connectivity index (χ1n) is 9.00. The van der Waals surface area contributed by atoms with E-state index in [1.54, 1.807) is 22.6 Å². The molecule has 1 N–H and O–H groups in total. The van der Waals surface area contributed by atoms with E-state index >= 15 is 0 Å². The Morgan fingerprint density at radius 2 is 2.11 bits per heavy atom. The summed E-state index contributed by atoms with van der Waals surface area (Å²) in [6.07, 6.45) is 1.82. The number of carbonyl (C=O) groups excluding carboxylic acids is 2. The highest BCUT2D eigenvalue weighted by atomic mass is 32.2. The Hall–Kier alpha value is -2.45. The number of amides is 2. The SMILES string of the molecule is Cc1sc2ncnc(SCC(=O)N3c4ccccc4NC(=O)C[C@H]3C)c2c1C. The van der Waals surface area contributed by atoms with E-state index in [1.807, 2.05) is 31.2 Å². The molecule has 3 heterocycles. The molecule has 4 rings (SSSR count). The van der Waals surface area contributed by atoms with Crippen LogP contribution in [0.2, 0.25) is 0 Å². The molecular formula is C20H20N4O2S2. The summed E-state index contributed by atoms with van der Waals surface area (Å²) in [6.45, 7) is 6.04. The number of para-hydroxylation sites is 2. The summed E-state index contributed by atoms with van der Waals surface area (Å²) in [5.74, 6) is 0.121. The third-order valence-electron chi connectivity index (χ3n) is 4.89. The zero-order valence-electron chi connectivity index (χ0n) is 15.9. The van der Waals surface area contributed by atoms with Gasteiger partial charge in [-0.25, -0.2) is 9.97 Å². The summed E-state index contributed by atoms with van der Waals surface area (Å²) >= 11 is 3.07. The van der Waals surface area contributed by atoms with Crippen molar-refractivity contribution in [3.8, 4) is 0 Å². The minimum Gasteiger partial charge on any atom is -0.324 e. The number of hydrogen-bond donors (Lipinski definition) is 1. The van der Waals surface area contributed by atoms with Gasteiger partial charge in [0.15, 0.2) is 0 Å². The number of nitrogens with zero attached hydrogens (tertiary/aromatic N) is 3. The van der Waals surface area contributed by atoms with Crippen LogP contribution in [0.3, 0.4) is 0 Å². The number of hydrogen-bond acceptors (Lipinski definition) is 6. The number of thioether (sulfide) groups is 1. The third kappa shape index (κ3) is 3.38. The molecular weight excluding hydrogens is 392 g/mol. The second kappa shape index (κ2) is 7.52. The van der Waals surface area contributed by atoms with Crippen LogP contribution in [0.1, 0.15) is 23.8 Å². The predicted octanol–water partition coefficient (Wildman–Crippen LogP) is 4.16. The Bertz CT molecular complexity index is 1080. The van der Waals surface area contributed by atoms with Crippen LogP contribution in [0.15, 0.2) is 35.6 Å². The average Bonchev–Trinajstić information content (AvgIpc) is 2.88. The average molecular weight is 413 g/mol. The van der Waals surface area contributed by atoms with Gasteiger partial charge in [0.25, 0.3) is 0 Å². The molecule has 1 atom stereocenters. The Labute approximate surface area is 171 Å². The summed E-state index contributed by atoms with van der Waals surface area (Å²) < 4.78 is 0. The number of thiophene rings is 1. The van der Waals surface area contributed by atoms with Gasteiger partial charge >= 0.3 is 0 Å². The van der Waals surface area contributed by atoms with Crippen molar-refractivity contribution in [2.24, 2.45) is 0 Å². The molecule has 0 fully saturated rings. The monoisotopic (exact) mass is 412 g/mol. The lowest BCUT2D eigenvalue weighted by Crippen LogP contribution is -2.40. The Morgan fingerprint density at radius 1 is 1.32 bits per heavy atom. The summed E-state index contributed by atoms with van der Waals surface area (Å²) in [4.78, 5) is 37.9. The van der Waals surface area contributed by atoms with Crippen LogP contribution in [0, 0.1) is 13.8 Å². The minimum absolute atomic E-state index is 0.0437. The zero-order chi connectivity index (χ0) is 19.8. The first-order chi connectivity index (χ1) is 13.5. The molecule has 0 radical (unpaired) electrons. The molecule has 1 aliphatic heterocycles. The number of rotatable bonds is 3. The first-order valence-corrected chi connectivity index (χ1v) is 10.8. The van der Waals surface area contributed by atoms with Crippen molar-refractivity contribution in [3.63, 3.8) is 0 Å². The van der Waals surface area contributed by atoms with Crippen molar-refractivity contribution >= 4 is 56.5 Å². The highest BCUT2D eigenvalue weighted by Gasteiger charge is 2.29. The molecule has 1 aliphatic rings. The zero-order valence-corrected chi connectivity index (χ0v) is 17.5. The molecule has 0 aliphatic carbocycles. The van der Waals surface area contributed by atoms with Gasteiger partial charge in [-0.15, -0.1) is 11.3 Å². The van der Waals surface area contributed by atoms with Crippen LogP contribution < -0.4 is 10.2 Å². The first kappa shape index (κ1) is 18.9. The van der Waals surface area contributed by atoms with Crippen LogP contribution >= 0.6 is 23.1 Å². The third-order valence-corrected chi connectivity index (χ3v) is 6.98. The van der Waals surface area contributed by atoms with E-state index in [-0.39, 0.29) is 30.0 Å². The Morgan fingerprint density at radius 3 is 2.93 bits per heavy atom. The summed E-state index contributed by atoms with van der Waals surface area (Å²) in [5, 5.41) is 4.74. The molecule has 1 aromatic carbocycles. The fourth-order valence-electron chi connectivity index (χ4n) is 3.43. The van der Waals surface area contributed by atoms with Gasteiger partial charge in [-0.2, -0.15) is 0 Å². The molecule has 6 nitrogen and oxygen atoms in total. The summed E-state index contributed by atoms with van der Waals surface area (Å²) in [5.41, 5.74) is 2.57. The fraction of sp³-hybridized carbons (Fsp3) is 0.300. The molecule has 0 spiro atoms. The van der Waals surface area contributed by atoms with E-state index in [9.17, 15) is 9.59 Å². The van der Waals surface area contributed by atoms with E-state index in [0.29, 0.717) is 5.69 Å². The van der Waals surface area contributed by atoms with Crippen LogP contribution in [-0.2, 0) is 9.59 Å². The Kier molecular flexibility index (Phi) is 5.07. The van der Waals surface area contributed by atoms with E-state index in [2.05, 4.69) is 29.1 Å². The highest BCUT2D eigenvalue weighted by molar-refractivity contribution is 8.00. The maximum absolute atomic E-state index is 13.2. The standard InChI is InChI=1S/C20H20N4O2S2/c1-11-8-16(25)23-14-6-4-5-7-15(14)24(11)17(26)9-27-19-18-12(2)13(3)28-20(18)22-10-21-19/h4-7,10-11H,8-9H2,1-3H3,(H,23,25)/t11-/m1/s1. The van der Waals surface area contributed by atoms with Gasteiger partial charge in [0, 0.05) is 22.7 Å². The molecule has 0 saturated carbocycles. The lowest BCUT2D eigenvalue weighted by molar-refractivity contribution is -0.117. The topological polar surface area (TPSA) is 75.2 Å². The van der Waals surface area contributed by atoms with Crippen molar-refractivity contribution in [2.45, 2.75) is 38.3 Å². The van der Waals surface area contributed by atoms with Gasteiger partial charge in [0.1, 0.15) is 16.2 Å². The number of aryl methyl sites for hydroxylation is 2. The van der Waals surface area contributed by atoms with Gasteiger partial charge < -0.3 is 10.2 Å². The highest BCUT2D eigenvalue weighted by Crippen LogP contribution is 2.36. The number of nitrogens with one attached hydrogen (secondary N) is 1. The Balaban J connectivity index is 1.61. The molecule has 8 heteroatoms. The van der Waals surface area contributed by atoms with E-state index in [4.69, 9.17) is 0 Å². The largest absolute Gasteiger partial charge is 0.324 e. The smallest absolute Gasteiger partial charge is 0.237 e. The van der Waals surface area contributed by atoms with E-state index in [1.165, 1.54) is 22.2 Å². The van der Waals surface area contributed by atoms with Gasteiger partial charge in [-0.05, 0) is 38.5 Å². The lowest BCUT2D eigenvalue weighted by Gasteiger charge is -2.27. The quantitative estimate of drug-likeness (QED) is 0.516. The maximum atomic E-state index is 13.2. The van der Waals surface area contributed by atoms with Crippen molar-refractivity contribution < 1.29 is 9.59 Å². The molecule has 0 saturated heterocycles. The lowest BCUT2D eigenvalue weighted by atomic mass is 10.2. The van der Waals surface area contributed by atoms with Crippen LogP contribution in [-0.4, -0.2) is 33.6 Å².